The summed E-state index contributed by atoms with van der Waals surface area (Å²) in [6, 6.07) is 14.6. The zero-order valence-electron chi connectivity index (χ0n) is 21.8. The van der Waals surface area contributed by atoms with Gasteiger partial charge in [-0.15, -0.1) is 0 Å². The molecule has 0 spiro atoms. The maximum Gasteiger partial charge on any atom is 0.150 e. The third-order valence-corrected chi connectivity index (χ3v) is 4.95. The lowest BCUT2D eigenvalue weighted by Crippen LogP contribution is -2.24. The molecule has 32 heavy (non-hydrogen) atoms. The van der Waals surface area contributed by atoms with Crippen LogP contribution in [0.25, 0.3) is 6.08 Å². The van der Waals surface area contributed by atoms with E-state index in [1.807, 2.05) is 52.8 Å². The molecule has 0 fully saturated rings. The molecule has 0 bridgehead atoms. The van der Waals surface area contributed by atoms with Crippen LogP contribution in [0, 0.1) is 6.92 Å². The fourth-order valence-corrected chi connectivity index (χ4v) is 3.38. The molecule has 0 saturated carbocycles. The van der Waals surface area contributed by atoms with Crippen LogP contribution in [0.5, 0.6) is 0 Å². The van der Waals surface area contributed by atoms with Gasteiger partial charge in [0.05, 0.1) is 0 Å². The van der Waals surface area contributed by atoms with Gasteiger partial charge in [-0.1, -0.05) is 89.6 Å². The second-order valence-corrected chi connectivity index (χ2v) is 7.53. The molecule has 0 aliphatic heterocycles. The number of aryl methyl sites for hydroxylation is 1. The average molecular weight is 436 g/mol. The summed E-state index contributed by atoms with van der Waals surface area (Å²) in [5, 5.41) is 0. The maximum absolute atomic E-state index is 10.6. The lowest BCUT2D eigenvalue weighted by atomic mass is 10.0. The Balaban J connectivity index is 0.000000520. The van der Waals surface area contributed by atoms with Crippen molar-refractivity contribution in [3.05, 3.63) is 82.4 Å². The third kappa shape index (κ3) is 9.68. The highest BCUT2D eigenvalue weighted by Crippen LogP contribution is 2.28. The Hall–Kier alpha value is -2.61. The Morgan fingerprint density at radius 3 is 2.00 bits per heavy atom. The molecule has 176 valence electrons. The van der Waals surface area contributed by atoms with Gasteiger partial charge in [0.15, 0.2) is 0 Å². The van der Waals surface area contributed by atoms with Gasteiger partial charge in [0.1, 0.15) is 6.29 Å². The van der Waals surface area contributed by atoms with Crippen LogP contribution in [0.4, 0.5) is 5.69 Å². The lowest BCUT2D eigenvalue weighted by molar-refractivity contribution is 0.112. The van der Waals surface area contributed by atoms with Crippen LogP contribution in [0.3, 0.4) is 0 Å². The predicted molar refractivity (Wildman–Crippen MR) is 145 cm³/mol. The maximum atomic E-state index is 10.6. The number of carbonyl (C=O) groups is 1. The fourth-order valence-electron chi connectivity index (χ4n) is 3.38. The first-order valence-corrected chi connectivity index (χ1v) is 12.2. The zero-order valence-corrected chi connectivity index (χ0v) is 21.8. The summed E-state index contributed by atoms with van der Waals surface area (Å²) in [5.41, 5.74) is 8.26. The fraction of sp³-hybridized carbons (Fsp3) is 0.433. The molecule has 0 unspecified atom stereocenters. The molecule has 1 aliphatic rings. The molecule has 0 amide bonds. The summed E-state index contributed by atoms with van der Waals surface area (Å²) < 4.78 is 0. The Morgan fingerprint density at radius 2 is 1.53 bits per heavy atom. The number of rotatable bonds is 7. The van der Waals surface area contributed by atoms with Crippen LogP contribution >= 0.6 is 0 Å². The molecule has 0 N–H and O–H groups in total. The van der Waals surface area contributed by atoms with E-state index in [4.69, 9.17) is 0 Å². The Morgan fingerprint density at radius 1 is 0.969 bits per heavy atom. The van der Waals surface area contributed by atoms with Crippen LogP contribution in [-0.2, 0) is 6.42 Å². The number of nitrogens with zero attached hydrogens (tertiary/aromatic N) is 1. The molecule has 0 radical (unpaired) electrons. The number of hydrogen-bond donors (Lipinski definition) is 0. The SMILES string of the molecule is C=C(C)C1=Cc2ccc(C=O)cc2C1.CC.CC.CCCN(CCC)c1ccc(C)cc1. The summed E-state index contributed by atoms with van der Waals surface area (Å²) in [4.78, 5) is 13.0. The van der Waals surface area contributed by atoms with Gasteiger partial charge < -0.3 is 4.90 Å². The molecule has 2 aromatic rings. The van der Waals surface area contributed by atoms with E-state index in [1.54, 1.807) is 0 Å². The Kier molecular flexibility index (Phi) is 15.6. The predicted octanol–water partition coefficient (Wildman–Crippen LogP) is 8.69. The summed E-state index contributed by atoms with van der Waals surface area (Å²) >= 11 is 0. The van der Waals surface area contributed by atoms with E-state index in [1.165, 1.54) is 40.8 Å². The van der Waals surface area contributed by atoms with Crippen molar-refractivity contribution in [2.75, 3.05) is 18.0 Å². The topological polar surface area (TPSA) is 20.3 Å². The van der Waals surface area contributed by atoms with Crippen LogP contribution in [-0.4, -0.2) is 19.4 Å². The highest BCUT2D eigenvalue weighted by molar-refractivity contribution is 5.78. The summed E-state index contributed by atoms with van der Waals surface area (Å²) in [6.45, 7) is 22.9. The summed E-state index contributed by atoms with van der Waals surface area (Å²) in [6.07, 6.45) is 6.37. The highest BCUT2D eigenvalue weighted by Gasteiger charge is 2.12. The zero-order chi connectivity index (χ0) is 24.5. The lowest BCUT2D eigenvalue weighted by Gasteiger charge is -2.23. The summed E-state index contributed by atoms with van der Waals surface area (Å²) in [7, 11) is 0. The standard InChI is InChI=1S/C13H21N.C13H12O.2C2H6/c1-4-10-14(11-5-2)13-8-6-12(3)7-9-13;1-9(2)12-6-11-4-3-10(8-14)5-13(11)7-12;2*1-2/h6-9H,4-5,10-11H2,1-3H3;3-6,8H,1,7H2,2H3;2*1-2H3. The Bertz CT molecular complexity index is 824. The van der Waals surface area contributed by atoms with Gasteiger partial charge in [-0.2, -0.15) is 0 Å². The number of fused-ring (bicyclic) bond motifs is 1. The van der Waals surface area contributed by atoms with E-state index in [-0.39, 0.29) is 0 Å². The minimum Gasteiger partial charge on any atom is -0.372 e. The van der Waals surface area contributed by atoms with Gasteiger partial charge in [-0.3, -0.25) is 4.79 Å². The number of aldehydes is 1. The second-order valence-electron chi connectivity index (χ2n) is 7.53. The van der Waals surface area contributed by atoms with Crippen molar-refractivity contribution in [2.45, 2.75) is 74.7 Å². The molecule has 0 atom stereocenters. The molecule has 2 nitrogen and oxygen atoms in total. The molecule has 2 aromatic carbocycles. The number of anilines is 1. The molecule has 0 aromatic heterocycles. The smallest absolute Gasteiger partial charge is 0.150 e. The number of benzene rings is 2. The first-order valence-electron chi connectivity index (χ1n) is 12.2. The van der Waals surface area contributed by atoms with E-state index < -0.39 is 0 Å². The van der Waals surface area contributed by atoms with E-state index >= 15 is 0 Å². The van der Waals surface area contributed by atoms with Gasteiger partial charge in [0.2, 0.25) is 0 Å². The van der Waals surface area contributed by atoms with Gasteiger partial charge in [-0.05, 0) is 68.0 Å². The molecule has 2 heteroatoms. The quantitative estimate of drug-likeness (QED) is 0.405. The van der Waals surface area contributed by atoms with Gasteiger partial charge in [-0.25, -0.2) is 0 Å². The minimum absolute atomic E-state index is 0.750. The minimum atomic E-state index is 0.750. The van der Waals surface area contributed by atoms with Gasteiger partial charge >= 0.3 is 0 Å². The van der Waals surface area contributed by atoms with Crippen molar-refractivity contribution in [2.24, 2.45) is 0 Å². The van der Waals surface area contributed by atoms with Crippen LogP contribution < -0.4 is 4.90 Å². The van der Waals surface area contributed by atoms with Crippen molar-refractivity contribution in [1.29, 1.82) is 0 Å². The number of allylic oxidation sites excluding steroid dienone is 2. The first-order chi connectivity index (χ1) is 15.5. The summed E-state index contributed by atoms with van der Waals surface area (Å²) in [5.74, 6) is 0. The molecule has 1 aliphatic carbocycles. The van der Waals surface area contributed by atoms with Crippen molar-refractivity contribution >= 4 is 18.0 Å². The second kappa shape index (κ2) is 17.0. The van der Waals surface area contributed by atoms with Crippen molar-refractivity contribution in [3.8, 4) is 0 Å². The van der Waals surface area contributed by atoms with Crippen molar-refractivity contribution in [1.82, 2.24) is 0 Å². The number of hydrogen-bond acceptors (Lipinski definition) is 2. The average Bonchev–Trinajstić information content (AvgIpc) is 3.26. The van der Waals surface area contributed by atoms with E-state index in [9.17, 15) is 4.79 Å². The van der Waals surface area contributed by atoms with E-state index in [2.05, 4.69) is 62.6 Å². The van der Waals surface area contributed by atoms with E-state index in [0.717, 1.165) is 36.9 Å². The van der Waals surface area contributed by atoms with Crippen LogP contribution in [0.1, 0.15) is 88.4 Å². The largest absolute Gasteiger partial charge is 0.372 e. The number of carbonyl (C=O) groups excluding carboxylic acids is 1. The van der Waals surface area contributed by atoms with Gasteiger partial charge in [0.25, 0.3) is 0 Å². The molecular weight excluding hydrogens is 390 g/mol. The van der Waals surface area contributed by atoms with E-state index in [0.29, 0.717) is 0 Å². The molecule has 0 saturated heterocycles. The highest BCUT2D eigenvalue weighted by atomic mass is 16.1. The molecule has 0 heterocycles. The normalized spacial score (nSPS) is 10.7. The molecule has 3 rings (SSSR count). The van der Waals surface area contributed by atoms with Crippen molar-refractivity contribution < 1.29 is 4.79 Å². The van der Waals surface area contributed by atoms with Gasteiger partial charge in [0, 0.05) is 24.3 Å². The Labute approximate surface area is 198 Å². The van der Waals surface area contributed by atoms with Crippen LogP contribution in [0.2, 0.25) is 0 Å². The van der Waals surface area contributed by atoms with Crippen LogP contribution in [0.15, 0.2) is 60.2 Å². The van der Waals surface area contributed by atoms with Crippen molar-refractivity contribution in [3.63, 3.8) is 0 Å². The first kappa shape index (κ1) is 29.4. The third-order valence-electron chi connectivity index (χ3n) is 4.95. The monoisotopic (exact) mass is 435 g/mol. The molecular formula is C30H45NO.